The standard InChI is InChI=1S/C19H18ClN3O3/c1-11-3-4-12(2)16(9-11)23-18(25)8-6-14(22-23)19(26)21-15-10-13(20)5-7-17(15)24/h3-5,7,9-10,24H,6,8H2,1-2H3,(H,21,26). The molecule has 2 aromatic rings. The maximum absolute atomic E-state index is 12.5. The van der Waals surface area contributed by atoms with Crippen LogP contribution in [-0.4, -0.2) is 22.6 Å². The summed E-state index contributed by atoms with van der Waals surface area (Å²) >= 11 is 5.90. The van der Waals surface area contributed by atoms with E-state index in [0.29, 0.717) is 10.7 Å². The maximum atomic E-state index is 12.5. The average Bonchev–Trinajstić information content (AvgIpc) is 2.61. The molecule has 0 fully saturated rings. The van der Waals surface area contributed by atoms with Gasteiger partial charge in [-0.2, -0.15) is 5.10 Å². The van der Waals surface area contributed by atoms with Crippen molar-refractivity contribution in [2.45, 2.75) is 26.7 Å². The van der Waals surface area contributed by atoms with E-state index in [4.69, 9.17) is 11.6 Å². The third-order valence-electron chi connectivity index (χ3n) is 4.09. The summed E-state index contributed by atoms with van der Waals surface area (Å²) in [7, 11) is 0. The minimum atomic E-state index is -0.481. The summed E-state index contributed by atoms with van der Waals surface area (Å²) in [4.78, 5) is 24.8. The Morgan fingerprint density at radius 3 is 2.73 bits per heavy atom. The number of anilines is 2. The van der Waals surface area contributed by atoms with Crippen LogP contribution in [0.25, 0.3) is 0 Å². The zero-order valence-electron chi connectivity index (χ0n) is 14.4. The van der Waals surface area contributed by atoms with E-state index in [1.54, 1.807) is 0 Å². The maximum Gasteiger partial charge on any atom is 0.271 e. The van der Waals surface area contributed by atoms with Crippen LogP contribution in [0, 0.1) is 13.8 Å². The van der Waals surface area contributed by atoms with Crippen molar-refractivity contribution < 1.29 is 14.7 Å². The molecule has 2 N–H and O–H groups in total. The van der Waals surface area contributed by atoms with E-state index >= 15 is 0 Å². The van der Waals surface area contributed by atoms with Gasteiger partial charge in [0.15, 0.2) is 0 Å². The van der Waals surface area contributed by atoms with Crippen LogP contribution in [0.5, 0.6) is 5.75 Å². The molecule has 3 rings (SSSR count). The Hall–Kier alpha value is -2.86. The predicted octanol–water partition coefficient (Wildman–Crippen LogP) is 3.78. The van der Waals surface area contributed by atoms with E-state index in [0.717, 1.165) is 11.1 Å². The lowest BCUT2D eigenvalue weighted by atomic mass is 10.1. The number of rotatable bonds is 3. The lowest BCUT2D eigenvalue weighted by molar-refractivity contribution is -0.118. The van der Waals surface area contributed by atoms with Crippen molar-refractivity contribution >= 4 is 40.5 Å². The summed E-state index contributed by atoms with van der Waals surface area (Å²) in [5, 5.41) is 18.4. The Morgan fingerprint density at radius 1 is 1.19 bits per heavy atom. The van der Waals surface area contributed by atoms with Crippen LogP contribution >= 0.6 is 11.6 Å². The van der Waals surface area contributed by atoms with Crippen molar-refractivity contribution in [2.24, 2.45) is 5.10 Å². The van der Waals surface area contributed by atoms with Crippen LogP contribution in [0.2, 0.25) is 5.02 Å². The van der Waals surface area contributed by atoms with Crippen molar-refractivity contribution in [3.8, 4) is 5.75 Å². The second-order valence-corrected chi connectivity index (χ2v) is 6.59. The number of hydrogen-bond donors (Lipinski definition) is 2. The number of nitrogens with one attached hydrogen (secondary N) is 1. The van der Waals surface area contributed by atoms with Gasteiger partial charge >= 0.3 is 0 Å². The molecule has 0 bridgehead atoms. The number of hydrogen-bond acceptors (Lipinski definition) is 4. The lowest BCUT2D eigenvalue weighted by Crippen LogP contribution is -2.36. The fraction of sp³-hybridized carbons (Fsp3) is 0.211. The predicted molar refractivity (Wildman–Crippen MR) is 102 cm³/mol. The van der Waals surface area contributed by atoms with Crippen LogP contribution in [0.4, 0.5) is 11.4 Å². The summed E-state index contributed by atoms with van der Waals surface area (Å²) < 4.78 is 0. The molecule has 0 saturated heterocycles. The number of hydrazone groups is 1. The van der Waals surface area contributed by atoms with E-state index in [1.807, 2.05) is 32.0 Å². The zero-order chi connectivity index (χ0) is 18.8. The molecule has 7 heteroatoms. The first-order chi connectivity index (χ1) is 12.3. The molecule has 0 aromatic heterocycles. The molecule has 2 aromatic carbocycles. The molecule has 0 radical (unpaired) electrons. The lowest BCUT2D eigenvalue weighted by Gasteiger charge is -2.25. The van der Waals surface area contributed by atoms with Gasteiger partial charge in [-0.05, 0) is 49.2 Å². The third kappa shape index (κ3) is 3.70. The molecular weight excluding hydrogens is 354 g/mol. The van der Waals surface area contributed by atoms with Crippen LogP contribution in [0.1, 0.15) is 24.0 Å². The number of nitrogens with zero attached hydrogens (tertiary/aromatic N) is 2. The van der Waals surface area contributed by atoms with E-state index in [1.165, 1.54) is 23.2 Å². The highest BCUT2D eigenvalue weighted by molar-refractivity contribution is 6.44. The van der Waals surface area contributed by atoms with Crippen molar-refractivity contribution in [1.29, 1.82) is 0 Å². The monoisotopic (exact) mass is 371 g/mol. The molecule has 2 amide bonds. The Morgan fingerprint density at radius 2 is 1.96 bits per heavy atom. The number of phenolic OH excluding ortho intramolecular Hbond substituents is 1. The highest BCUT2D eigenvalue weighted by Crippen LogP contribution is 2.28. The van der Waals surface area contributed by atoms with Crippen molar-refractivity contribution in [2.75, 3.05) is 10.3 Å². The van der Waals surface area contributed by atoms with E-state index in [-0.39, 0.29) is 35.9 Å². The summed E-state index contributed by atoms with van der Waals surface area (Å²) in [5.41, 5.74) is 2.95. The van der Waals surface area contributed by atoms with Gasteiger partial charge in [0.2, 0.25) is 5.91 Å². The molecule has 134 valence electrons. The molecule has 1 heterocycles. The fourth-order valence-electron chi connectivity index (χ4n) is 2.66. The number of phenols is 1. The van der Waals surface area contributed by atoms with Gasteiger partial charge in [-0.25, -0.2) is 5.01 Å². The normalized spacial score (nSPS) is 14.2. The second-order valence-electron chi connectivity index (χ2n) is 6.16. The summed E-state index contributed by atoms with van der Waals surface area (Å²) in [6.45, 7) is 3.81. The summed E-state index contributed by atoms with van der Waals surface area (Å²) in [5.74, 6) is -0.743. The zero-order valence-corrected chi connectivity index (χ0v) is 15.2. The Labute approximate surface area is 156 Å². The first kappa shape index (κ1) is 17.9. The molecule has 0 spiro atoms. The Balaban J connectivity index is 1.89. The van der Waals surface area contributed by atoms with Gasteiger partial charge in [0.05, 0.1) is 11.4 Å². The number of benzene rings is 2. The molecule has 0 unspecified atom stereocenters. The molecule has 0 aliphatic carbocycles. The van der Waals surface area contributed by atoms with Gasteiger partial charge in [-0.3, -0.25) is 9.59 Å². The molecule has 1 aliphatic rings. The highest BCUT2D eigenvalue weighted by Gasteiger charge is 2.27. The van der Waals surface area contributed by atoms with E-state index < -0.39 is 5.91 Å². The number of aromatic hydroxyl groups is 1. The number of carbonyl (C=O) groups excluding carboxylic acids is 2. The van der Waals surface area contributed by atoms with Gasteiger partial charge in [-0.1, -0.05) is 23.7 Å². The number of aryl methyl sites for hydroxylation is 2. The quantitative estimate of drug-likeness (QED) is 0.805. The molecule has 6 nitrogen and oxygen atoms in total. The molecule has 0 atom stereocenters. The van der Waals surface area contributed by atoms with Crippen LogP contribution in [0.3, 0.4) is 0 Å². The first-order valence-corrected chi connectivity index (χ1v) is 8.50. The van der Waals surface area contributed by atoms with Gasteiger partial charge in [-0.15, -0.1) is 0 Å². The van der Waals surface area contributed by atoms with Crippen molar-refractivity contribution in [3.05, 3.63) is 52.5 Å². The number of carbonyl (C=O) groups is 2. The minimum Gasteiger partial charge on any atom is -0.506 e. The largest absolute Gasteiger partial charge is 0.506 e. The highest BCUT2D eigenvalue weighted by atomic mass is 35.5. The van der Waals surface area contributed by atoms with Crippen LogP contribution in [0.15, 0.2) is 41.5 Å². The van der Waals surface area contributed by atoms with Crippen LogP contribution in [-0.2, 0) is 9.59 Å². The van der Waals surface area contributed by atoms with Crippen molar-refractivity contribution in [1.82, 2.24) is 0 Å². The summed E-state index contributed by atoms with van der Waals surface area (Å²) in [6, 6.07) is 10.1. The van der Waals surface area contributed by atoms with Crippen LogP contribution < -0.4 is 10.3 Å². The van der Waals surface area contributed by atoms with E-state index in [2.05, 4.69) is 10.4 Å². The fourth-order valence-corrected chi connectivity index (χ4v) is 2.83. The average molecular weight is 372 g/mol. The van der Waals surface area contributed by atoms with Gasteiger partial charge < -0.3 is 10.4 Å². The SMILES string of the molecule is Cc1ccc(C)c(N2N=C(C(=O)Nc3cc(Cl)ccc3O)CCC2=O)c1. The van der Waals surface area contributed by atoms with Gasteiger partial charge in [0.25, 0.3) is 5.91 Å². The van der Waals surface area contributed by atoms with E-state index in [9.17, 15) is 14.7 Å². The van der Waals surface area contributed by atoms with Gasteiger partial charge in [0, 0.05) is 17.9 Å². The third-order valence-corrected chi connectivity index (χ3v) is 4.33. The van der Waals surface area contributed by atoms with Crippen molar-refractivity contribution in [3.63, 3.8) is 0 Å². The molecular formula is C19H18ClN3O3. The number of amides is 2. The number of halogens is 1. The first-order valence-electron chi connectivity index (χ1n) is 8.12. The molecule has 1 aliphatic heterocycles. The Kier molecular flexibility index (Phi) is 4.95. The minimum absolute atomic E-state index is 0.0957. The molecule has 0 saturated carbocycles. The molecule has 26 heavy (non-hydrogen) atoms. The smallest absolute Gasteiger partial charge is 0.271 e. The Bertz CT molecular complexity index is 924. The van der Waals surface area contributed by atoms with Gasteiger partial charge in [0.1, 0.15) is 11.5 Å². The second kappa shape index (κ2) is 7.17. The topological polar surface area (TPSA) is 82.0 Å². The summed E-state index contributed by atoms with van der Waals surface area (Å²) in [6.07, 6.45) is 0.411.